The smallest absolute Gasteiger partial charge is 0.262 e. The van der Waals surface area contributed by atoms with Crippen molar-refractivity contribution in [2.75, 3.05) is 30.1 Å². The molecule has 3 N–H and O–H groups in total. The number of para-hydroxylation sites is 1. The lowest BCUT2D eigenvalue weighted by Gasteiger charge is -2.40. The monoisotopic (exact) mass is 645 g/mol. The highest BCUT2D eigenvalue weighted by molar-refractivity contribution is 7.92. The van der Waals surface area contributed by atoms with Gasteiger partial charge in [-0.1, -0.05) is 24.3 Å². The van der Waals surface area contributed by atoms with E-state index in [-0.39, 0.29) is 29.1 Å². The molecule has 0 saturated carbocycles. The number of fused-ring (bicyclic) bond motifs is 1. The van der Waals surface area contributed by atoms with Crippen LogP contribution in [0.2, 0.25) is 0 Å². The molecular weight excluding hydrogens is 615 g/mol. The van der Waals surface area contributed by atoms with Crippen LogP contribution in [0, 0.1) is 17.5 Å². The summed E-state index contributed by atoms with van der Waals surface area (Å²) in [4.78, 5) is 21.5. The minimum Gasteiger partial charge on any atom is -0.399 e. The first kappa shape index (κ1) is 31.1. The highest BCUT2D eigenvalue weighted by Crippen LogP contribution is 2.34. The third-order valence-corrected chi connectivity index (χ3v) is 9.46. The van der Waals surface area contributed by atoms with Gasteiger partial charge in [0.05, 0.1) is 10.4 Å². The quantitative estimate of drug-likeness (QED) is 0.165. The summed E-state index contributed by atoms with van der Waals surface area (Å²) in [5, 5.41) is 0.855. The van der Waals surface area contributed by atoms with Crippen molar-refractivity contribution in [3.63, 3.8) is 0 Å². The highest BCUT2D eigenvalue weighted by Gasteiger charge is 2.29. The molecule has 5 aromatic rings. The molecule has 1 fully saturated rings. The van der Waals surface area contributed by atoms with E-state index in [4.69, 9.17) is 5.73 Å². The molecule has 1 aromatic heterocycles. The Hall–Kier alpha value is -4.94. The van der Waals surface area contributed by atoms with Crippen molar-refractivity contribution < 1.29 is 26.4 Å². The maximum absolute atomic E-state index is 13.7. The van der Waals surface area contributed by atoms with Crippen molar-refractivity contribution in [3.05, 3.63) is 120 Å². The van der Waals surface area contributed by atoms with Crippen LogP contribution < -0.4 is 10.5 Å². The maximum atomic E-state index is 13.7. The molecule has 0 aliphatic carbocycles. The number of carbonyl (C=O) groups is 1. The minimum atomic E-state index is -4.08. The Bertz CT molecular complexity index is 2030. The van der Waals surface area contributed by atoms with Gasteiger partial charge in [0, 0.05) is 71.9 Å². The number of amides is 1. The molecule has 1 saturated heterocycles. The second-order valence-electron chi connectivity index (χ2n) is 11.3. The number of nitrogens with zero attached hydrogens (tertiary/aromatic N) is 3. The fraction of sp³-hybridized carbons (Fsp3) is 0.176. The van der Waals surface area contributed by atoms with E-state index in [1.54, 1.807) is 35.4 Å². The van der Waals surface area contributed by atoms with E-state index < -0.39 is 27.5 Å². The van der Waals surface area contributed by atoms with E-state index in [0.717, 1.165) is 17.5 Å². The number of nitrogens with two attached hydrogens (primary N) is 1. The van der Waals surface area contributed by atoms with E-state index in [0.29, 0.717) is 53.1 Å². The summed E-state index contributed by atoms with van der Waals surface area (Å²) in [6, 6.07) is 21.7. The van der Waals surface area contributed by atoms with Crippen LogP contribution >= 0.6 is 0 Å². The molecule has 1 aliphatic heterocycles. The molecule has 8 nitrogen and oxygen atoms in total. The third-order valence-electron chi connectivity index (χ3n) is 8.02. The van der Waals surface area contributed by atoms with Crippen LogP contribution in [0.3, 0.4) is 0 Å². The van der Waals surface area contributed by atoms with Gasteiger partial charge in [-0.2, -0.15) is 0 Å². The first-order valence-corrected chi connectivity index (χ1v) is 16.0. The Morgan fingerprint density at radius 3 is 2.37 bits per heavy atom. The SMILES string of the molecule is C[C@H]1CN(Cc2cc(F)c(F)c(F)c2)CCN1C(=O)c1ccc(NS(=O)(=O)c2ccc(N)cc2-c2cccc3cccnc23)cc1. The molecule has 1 atom stereocenters. The van der Waals surface area contributed by atoms with Crippen LogP contribution in [0.1, 0.15) is 22.8 Å². The van der Waals surface area contributed by atoms with Crippen LogP contribution in [0.4, 0.5) is 24.5 Å². The minimum absolute atomic E-state index is 0.0258. The number of anilines is 2. The molecular formula is C34H30F3N5O3S. The van der Waals surface area contributed by atoms with Crippen molar-refractivity contribution in [1.29, 1.82) is 0 Å². The zero-order chi connectivity index (χ0) is 32.6. The Morgan fingerprint density at radius 1 is 0.935 bits per heavy atom. The number of rotatable bonds is 7. The summed E-state index contributed by atoms with van der Waals surface area (Å²) < 4.78 is 70.6. The van der Waals surface area contributed by atoms with Crippen molar-refractivity contribution in [1.82, 2.24) is 14.8 Å². The molecule has 46 heavy (non-hydrogen) atoms. The van der Waals surface area contributed by atoms with Crippen LogP contribution in [0.25, 0.3) is 22.0 Å². The third kappa shape index (κ3) is 6.26. The number of piperazine rings is 1. The molecule has 0 radical (unpaired) electrons. The summed E-state index contributed by atoms with van der Waals surface area (Å²) in [5.74, 6) is -4.21. The zero-order valence-corrected chi connectivity index (χ0v) is 25.6. The van der Waals surface area contributed by atoms with E-state index in [1.165, 1.54) is 24.3 Å². The number of carbonyl (C=O) groups excluding carboxylic acids is 1. The first-order chi connectivity index (χ1) is 22.0. The second-order valence-corrected chi connectivity index (χ2v) is 12.9. The van der Waals surface area contributed by atoms with E-state index >= 15 is 0 Å². The molecule has 1 aliphatic rings. The molecule has 0 unspecified atom stereocenters. The standard InChI is InChI=1S/C34H30F3N5O3S/c1-21-19-41(20-22-16-29(35)32(37)30(36)17-22)14-15-42(21)34(43)24-7-10-26(11-8-24)40-46(44,45)31-12-9-25(38)18-28(31)27-6-2-4-23-5-3-13-39-33(23)27/h2-13,16-18,21,40H,14-15,19-20,38H2,1H3/t21-/m0/s1. The average molecular weight is 646 g/mol. The van der Waals surface area contributed by atoms with Gasteiger partial charge in [-0.3, -0.25) is 19.4 Å². The average Bonchev–Trinajstić information content (AvgIpc) is 3.03. The Labute approximate surface area is 264 Å². The normalized spacial score (nSPS) is 15.7. The summed E-state index contributed by atoms with van der Waals surface area (Å²) in [6.45, 7) is 3.34. The Morgan fingerprint density at radius 2 is 1.65 bits per heavy atom. The molecule has 0 spiro atoms. The number of aromatic nitrogens is 1. The highest BCUT2D eigenvalue weighted by atomic mass is 32.2. The van der Waals surface area contributed by atoms with E-state index in [2.05, 4.69) is 9.71 Å². The number of benzene rings is 4. The van der Waals surface area contributed by atoms with Crippen molar-refractivity contribution in [2.24, 2.45) is 0 Å². The number of hydrogen-bond acceptors (Lipinski definition) is 6. The van der Waals surface area contributed by atoms with Gasteiger partial charge in [-0.05, 0) is 73.2 Å². The van der Waals surface area contributed by atoms with Crippen molar-refractivity contribution in [2.45, 2.75) is 24.4 Å². The van der Waals surface area contributed by atoms with Gasteiger partial charge >= 0.3 is 0 Å². The number of nitrogens with one attached hydrogen (secondary N) is 1. The van der Waals surface area contributed by atoms with Gasteiger partial charge in [0.25, 0.3) is 15.9 Å². The van der Waals surface area contributed by atoms with Gasteiger partial charge < -0.3 is 10.6 Å². The Kier molecular flexibility index (Phi) is 8.41. The summed E-state index contributed by atoms with van der Waals surface area (Å²) in [5.41, 5.74) is 9.09. The van der Waals surface area contributed by atoms with Gasteiger partial charge in [-0.15, -0.1) is 0 Å². The lowest BCUT2D eigenvalue weighted by atomic mass is 10.0. The fourth-order valence-electron chi connectivity index (χ4n) is 5.81. The topological polar surface area (TPSA) is 109 Å². The van der Waals surface area contributed by atoms with Crippen LogP contribution in [0.5, 0.6) is 0 Å². The predicted molar refractivity (Wildman–Crippen MR) is 171 cm³/mol. The molecule has 0 bridgehead atoms. The number of sulfonamides is 1. The lowest BCUT2D eigenvalue weighted by Crippen LogP contribution is -2.53. The number of hydrogen-bond donors (Lipinski definition) is 2. The molecule has 1 amide bonds. The second kappa shape index (κ2) is 12.5. The summed E-state index contributed by atoms with van der Waals surface area (Å²) in [6.07, 6.45) is 1.65. The predicted octanol–water partition coefficient (Wildman–Crippen LogP) is 6.05. The number of halogens is 3. The first-order valence-electron chi connectivity index (χ1n) is 14.5. The number of nitrogen functional groups attached to an aromatic ring is 1. The molecule has 2 heterocycles. The van der Waals surface area contributed by atoms with Crippen LogP contribution in [0.15, 0.2) is 96.0 Å². The van der Waals surface area contributed by atoms with E-state index in [9.17, 15) is 26.4 Å². The van der Waals surface area contributed by atoms with Crippen LogP contribution in [-0.2, 0) is 16.6 Å². The van der Waals surface area contributed by atoms with E-state index in [1.807, 2.05) is 36.1 Å². The van der Waals surface area contributed by atoms with Gasteiger partial charge in [0.2, 0.25) is 0 Å². The van der Waals surface area contributed by atoms with Crippen molar-refractivity contribution in [3.8, 4) is 11.1 Å². The maximum Gasteiger partial charge on any atom is 0.262 e. The molecule has 12 heteroatoms. The fourth-order valence-corrected chi connectivity index (χ4v) is 7.07. The lowest BCUT2D eigenvalue weighted by molar-refractivity contribution is 0.0475. The summed E-state index contributed by atoms with van der Waals surface area (Å²) >= 11 is 0. The molecule has 4 aromatic carbocycles. The zero-order valence-electron chi connectivity index (χ0n) is 24.8. The summed E-state index contributed by atoms with van der Waals surface area (Å²) in [7, 11) is -4.08. The van der Waals surface area contributed by atoms with Crippen LogP contribution in [-0.4, -0.2) is 54.8 Å². The largest absolute Gasteiger partial charge is 0.399 e. The number of pyridine rings is 1. The van der Waals surface area contributed by atoms with Gasteiger partial charge in [0.15, 0.2) is 17.5 Å². The van der Waals surface area contributed by atoms with Crippen molar-refractivity contribution >= 4 is 38.2 Å². The Balaban J connectivity index is 1.16. The van der Waals surface area contributed by atoms with Gasteiger partial charge in [0.1, 0.15) is 0 Å². The van der Waals surface area contributed by atoms with Gasteiger partial charge in [-0.25, -0.2) is 21.6 Å². The molecule has 236 valence electrons. The molecule has 6 rings (SSSR count).